The molecule has 1 aromatic rings. The van der Waals surface area contributed by atoms with E-state index in [4.69, 9.17) is 11.6 Å². The lowest BCUT2D eigenvalue weighted by atomic mass is 10.1. The molecule has 2 nitrogen and oxygen atoms in total. The molecule has 0 unspecified atom stereocenters. The number of allylic oxidation sites excluding steroid dienone is 1. The van der Waals surface area contributed by atoms with Crippen molar-refractivity contribution in [1.82, 2.24) is 0 Å². The zero-order chi connectivity index (χ0) is 10.8. The lowest BCUT2D eigenvalue weighted by Gasteiger charge is -2.00. The molecule has 0 heterocycles. The molecule has 2 rings (SSSR count). The Labute approximate surface area is 93.2 Å². The number of halogens is 1. The normalized spacial score (nSPS) is 16.5. The molecular weight excluding hydrogens is 212 g/mol. The van der Waals surface area contributed by atoms with Crippen LogP contribution in [0.25, 0.3) is 5.76 Å². The van der Waals surface area contributed by atoms with E-state index in [0.717, 1.165) is 12.8 Å². The zero-order valence-corrected chi connectivity index (χ0v) is 8.87. The molecule has 0 aromatic heterocycles. The third kappa shape index (κ3) is 2.60. The van der Waals surface area contributed by atoms with Gasteiger partial charge in [0.1, 0.15) is 5.76 Å². The minimum absolute atomic E-state index is 0.00519. The minimum Gasteiger partial charge on any atom is -0.507 e. The Hall–Kier alpha value is -1.28. The molecule has 1 N–H and O–H groups in total. The predicted molar refractivity (Wildman–Crippen MR) is 59.8 cm³/mol. The molecular formula is C12H11ClO2. The van der Waals surface area contributed by atoms with Gasteiger partial charge >= 0.3 is 0 Å². The summed E-state index contributed by atoms with van der Waals surface area (Å²) >= 11 is 5.78. The number of carbonyl (C=O) groups excluding carboxylic acids is 1. The van der Waals surface area contributed by atoms with E-state index in [1.54, 1.807) is 24.3 Å². The van der Waals surface area contributed by atoms with Gasteiger partial charge in [0.25, 0.3) is 0 Å². The van der Waals surface area contributed by atoms with E-state index in [2.05, 4.69) is 0 Å². The number of rotatable bonds is 3. The van der Waals surface area contributed by atoms with Gasteiger partial charge in [-0.05, 0) is 25.0 Å². The van der Waals surface area contributed by atoms with Crippen molar-refractivity contribution in [3.05, 3.63) is 40.9 Å². The van der Waals surface area contributed by atoms with Gasteiger partial charge in [-0.15, -0.1) is 0 Å². The first-order chi connectivity index (χ1) is 7.16. The van der Waals surface area contributed by atoms with Crippen LogP contribution in [0.1, 0.15) is 18.4 Å². The van der Waals surface area contributed by atoms with E-state index < -0.39 is 0 Å². The fraction of sp³-hybridized carbons (Fsp3) is 0.250. The van der Waals surface area contributed by atoms with Gasteiger partial charge in [-0.2, -0.15) is 0 Å². The second-order valence-electron chi connectivity index (χ2n) is 3.72. The van der Waals surface area contributed by atoms with Crippen molar-refractivity contribution in [1.29, 1.82) is 0 Å². The molecule has 1 saturated carbocycles. The standard InChI is InChI=1S/C12H11ClO2/c13-10-3-1-2-9(6-10)12(15)7-11(14)8-4-5-8/h1-3,6-8,15H,4-5H2/b12-7-. The summed E-state index contributed by atoms with van der Waals surface area (Å²) in [5, 5.41) is 10.2. The van der Waals surface area contributed by atoms with E-state index in [9.17, 15) is 9.90 Å². The van der Waals surface area contributed by atoms with Gasteiger partial charge in [-0.1, -0.05) is 23.7 Å². The lowest BCUT2D eigenvalue weighted by Crippen LogP contribution is -1.96. The Morgan fingerprint density at radius 2 is 2.20 bits per heavy atom. The van der Waals surface area contributed by atoms with Crippen LogP contribution in [0.2, 0.25) is 5.02 Å². The maximum atomic E-state index is 11.4. The van der Waals surface area contributed by atoms with E-state index in [0.29, 0.717) is 10.6 Å². The van der Waals surface area contributed by atoms with Gasteiger partial charge in [0.15, 0.2) is 5.78 Å². The zero-order valence-electron chi connectivity index (χ0n) is 8.11. The summed E-state index contributed by atoms with van der Waals surface area (Å²) in [6.07, 6.45) is 3.18. The van der Waals surface area contributed by atoms with Gasteiger partial charge in [0.05, 0.1) is 0 Å². The average molecular weight is 223 g/mol. The number of ketones is 1. The number of aliphatic hydroxyl groups excluding tert-OH is 1. The summed E-state index contributed by atoms with van der Waals surface area (Å²) in [5.41, 5.74) is 0.580. The number of carbonyl (C=O) groups is 1. The molecule has 1 aliphatic rings. The van der Waals surface area contributed by atoms with Gasteiger partial charge in [-0.3, -0.25) is 4.79 Å². The monoisotopic (exact) mass is 222 g/mol. The summed E-state index contributed by atoms with van der Waals surface area (Å²) in [6, 6.07) is 6.82. The highest BCUT2D eigenvalue weighted by Gasteiger charge is 2.28. The van der Waals surface area contributed by atoms with Crippen molar-refractivity contribution in [2.45, 2.75) is 12.8 Å². The maximum Gasteiger partial charge on any atom is 0.162 e. The SMILES string of the molecule is O=C(/C=C(\O)c1cccc(Cl)c1)C1CC1. The van der Waals surface area contributed by atoms with Crippen molar-refractivity contribution in [3.63, 3.8) is 0 Å². The first-order valence-corrected chi connectivity index (χ1v) is 5.25. The Bertz CT molecular complexity index is 419. The fourth-order valence-electron chi connectivity index (χ4n) is 1.35. The van der Waals surface area contributed by atoms with Crippen molar-refractivity contribution >= 4 is 23.1 Å². The third-order valence-electron chi connectivity index (χ3n) is 2.38. The van der Waals surface area contributed by atoms with Crippen LogP contribution < -0.4 is 0 Å². The Kier molecular flexibility index (Phi) is 2.78. The van der Waals surface area contributed by atoms with Crippen LogP contribution in [0.3, 0.4) is 0 Å². The van der Waals surface area contributed by atoms with E-state index in [1.165, 1.54) is 6.08 Å². The molecule has 3 heteroatoms. The minimum atomic E-state index is -0.00519. The molecule has 0 atom stereocenters. The highest BCUT2D eigenvalue weighted by atomic mass is 35.5. The van der Waals surface area contributed by atoms with Crippen LogP contribution in [0.5, 0.6) is 0 Å². The number of hydrogen-bond acceptors (Lipinski definition) is 2. The second kappa shape index (κ2) is 4.07. The van der Waals surface area contributed by atoms with Crippen LogP contribution in [-0.2, 0) is 4.79 Å². The van der Waals surface area contributed by atoms with Crippen molar-refractivity contribution in [3.8, 4) is 0 Å². The maximum absolute atomic E-state index is 11.4. The number of aliphatic hydroxyl groups is 1. The summed E-state index contributed by atoms with van der Waals surface area (Å²) < 4.78 is 0. The molecule has 15 heavy (non-hydrogen) atoms. The predicted octanol–water partition coefficient (Wildman–Crippen LogP) is 3.22. The quantitative estimate of drug-likeness (QED) is 0.630. The summed E-state index contributed by atoms with van der Waals surface area (Å²) in [4.78, 5) is 11.4. The van der Waals surface area contributed by atoms with Crippen LogP contribution in [0, 0.1) is 5.92 Å². The summed E-state index contributed by atoms with van der Waals surface area (Å²) in [6.45, 7) is 0. The van der Waals surface area contributed by atoms with E-state index in [-0.39, 0.29) is 17.5 Å². The van der Waals surface area contributed by atoms with Crippen molar-refractivity contribution < 1.29 is 9.90 Å². The first kappa shape index (κ1) is 10.2. The van der Waals surface area contributed by atoms with Gasteiger partial charge in [0.2, 0.25) is 0 Å². The van der Waals surface area contributed by atoms with Crippen LogP contribution >= 0.6 is 11.6 Å². The highest BCUT2D eigenvalue weighted by molar-refractivity contribution is 6.30. The van der Waals surface area contributed by atoms with Gasteiger partial charge < -0.3 is 5.11 Å². The molecule has 0 amide bonds. The Morgan fingerprint density at radius 3 is 2.80 bits per heavy atom. The molecule has 0 radical (unpaired) electrons. The van der Waals surface area contributed by atoms with Gasteiger partial charge in [0, 0.05) is 22.6 Å². The molecule has 0 saturated heterocycles. The number of benzene rings is 1. The second-order valence-corrected chi connectivity index (χ2v) is 4.15. The molecule has 78 valence electrons. The van der Waals surface area contributed by atoms with Crippen molar-refractivity contribution in [2.24, 2.45) is 5.92 Å². The van der Waals surface area contributed by atoms with Crippen LogP contribution in [0.4, 0.5) is 0 Å². The van der Waals surface area contributed by atoms with Crippen molar-refractivity contribution in [2.75, 3.05) is 0 Å². The Morgan fingerprint density at radius 1 is 1.47 bits per heavy atom. The van der Waals surface area contributed by atoms with Crippen LogP contribution in [0.15, 0.2) is 30.3 Å². The molecule has 0 bridgehead atoms. The molecule has 0 spiro atoms. The first-order valence-electron chi connectivity index (χ1n) is 4.87. The molecule has 1 fully saturated rings. The smallest absolute Gasteiger partial charge is 0.162 e. The highest BCUT2D eigenvalue weighted by Crippen LogP contribution is 2.31. The Balaban J connectivity index is 2.18. The lowest BCUT2D eigenvalue weighted by molar-refractivity contribution is -0.115. The summed E-state index contributed by atoms with van der Waals surface area (Å²) in [7, 11) is 0. The fourth-order valence-corrected chi connectivity index (χ4v) is 1.54. The topological polar surface area (TPSA) is 37.3 Å². The van der Waals surface area contributed by atoms with E-state index in [1.807, 2.05) is 0 Å². The summed E-state index contributed by atoms with van der Waals surface area (Å²) in [5.74, 6) is 0.133. The van der Waals surface area contributed by atoms with E-state index >= 15 is 0 Å². The largest absolute Gasteiger partial charge is 0.507 e. The van der Waals surface area contributed by atoms with Crippen LogP contribution in [-0.4, -0.2) is 10.9 Å². The molecule has 0 aliphatic heterocycles. The molecule has 1 aliphatic carbocycles. The van der Waals surface area contributed by atoms with Gasteiger partial charge in [-0.25, -0.2) is 0 Å². The number of hydrogen-bond donors (Lipinski definition) is 1. The molecule has 1 aromatic carbocycles. The third-order valence-corrected chi connectivity index (χ3v) is 2.61. The average Bonchev–Trinajstić information content (AvgIpc) is 3.00.